The Labute approximate surface area is 174 Å². The molecular weight excluding hydrogens is 358 g/mol. The molecule has 0 saturated carbocycles. The molecule has 4 heteroatoms. The van der Waals surface area contributed by atoms with Crippen molar-refractivity contribution in [3.8, 4) is 0 Å². The van der Waals surface area contributed by atoms with Gasteiger partial charge in [-0.3, -0.25) is 4.79 Å². The first-order valence-corrected chi connectivity index (χ1v) is 11.0. The summed E-state index contributed by atoms with van der Waals surface area (Å²) in [5, 5.41) is 7.02. The van der Waals surface area contributed by atoms with Crippen molar-refractivity contribution < 1.29 is 4.79 Å². The number of nitrogens with zero attached hydrogens (tertiary/aromatic N) is 1. The minimum absolute atomic E-state index is 0.0621. The lowest BCUT2D eigenvalue weighted by Crippen LogP contribution is -2.56. The molecule has 2 heterocycles. The summed E-state index contributed by atoms with van der Waals surface area (Å²) in [6.07, 6.45) is 5.47. The van der Waals surface area contributed by atoms with Crippen LogP contribution in [0, 0.1) is 0 Å². The average Bonchev–Trinajstić information content (AvgIpc) is 2.75. The first-order chi connectivity index (χ1) is 14.1. The third kappa shape index (κ3) is 4.88. The predicted molar refractivity (Wildman–Crippen MR) is 118 cm³/mol. The molecule has 0 aliphatic carbocycles. The van der Waals surface area contributed by atoms with Gasteiger partial charge in [-0.2, -0.15) is 0 Å². The maximum absolute atomic E-state index is 12.0. The fourth-order valence-corrected chi connectivity index (χ4v) is 5.22. The van der Waals surface area contributed by atoms with Gasteiger partial charge in [0.05, 0.1) is 5.54 Å². The Kier molecular flexibility index (Phi) is 6.31. The van der Waals surface area contributed by atoms with Crippen LogP contribution in [0.1, 0.15) is 43.7 Å². The van der Waals surface area contributed by atoms with E-state index in [0.29, 0.717) is 12.1 Å². The van der Waals surface area contributed by atoms with E-state index in [2.05, 4.69) is 70.1 Å². The molecule has 2 aliphatic heterocycles. The molecule has 2 aromatic rings. The third-order valence-electron chi connectivity index (χ3n) is 6.70. The first-order valence-electron chi connectivity index (χ1n) is 11.0. The summed E-state index contributed by atoms with van der Waals surface area (Å²) in [6, 6.07) is 22.5. The van der Waals surface area contributed by atoms with Crippen LogP contribution in [0.25, 0.3) is 0 Å². The fourth-order valence-electron chi connectivity index (χ4n) is 5.22. The molecule has 2 atom stereocenters. The van der Waals surface area contributed by atoms with Crippen LogP contribution < -0.4 is 10.6 Å². The number of hydrogen-bond donors (Lipinski definition) is 2. The molecule has 0 radical (unpaired) electrons. The maximum Gasteiger partial charge on any atom is 0.217 e. The predicted octanol–water partition coefficient (Wildman–Crippen LogP) is 3.48. The Morgan fingerprint density at radius 2 is 1.72 bits per heavy atom. The molecule has 4 rings (SSSR count). The number of likely N-dealkylation sites (tertiary alicyclic amines) is 1. The van der Waals surface area contributed by atoms with Gasteiger partial charge in [-0.25, -0.2) is 0 Å². The number of amides is 1. The Morgan fingerprint density at radius 3 is 2.38 bits per heavy atom. The van der Waals surface area contributed by atoms with Gasteiger partial charge in [-0.1, -0.05) is 60.7 Å². The second-order valence-corrected chi connectivity index (χ2v) is 8.68. The Hall–Kier alpha value is -2.17. The number of carbonyl (C=O) groups is 1. The van der Waals surface area contributed by atoms with E-state index >= 15 is 0 Å². The highest BCUT2D eigenvalue weighted by Gasteiger charge is 2.39. The zero-order valence-corrected chi connectivity index (χ0v) is 17.4. The van der Waals surface area contributed by atoms with E-state index in [9.17, 15) is 4.79 Å². The number of nitrogens with one attached hydrogen (secondary N) is 2. The quantitative estimate of drug-likeness (QED) is 0.820. The van der Waals surface area contributed by atoms with Crippen LogP contribution >= 0.6 is 0 Å². The molecule has 0 unspecified atom stereocenters. The number of piperidine rings is 2. The molecule has 29 heavy (non-hydrogen) atoms. The SMILES string of the molecule is CC(=O)NC1(c2ccccc2)CCN([C@H]2CCN[C@@H](Cc3ccccc3)C2)CC1. The van der Waals surface area contributed by atoms with Crippen molar-refractivity contribution in [3.63, 3.8) is 0 Å². The van der Waals surface area contributed by atoms with Gasteiger partial charge in [0, 0.05) is 32.1 Å². The molecule has 2 aromatic carbocycles. The van der Waals surface area contributed by atoms with Crippen LogP contribution in [0.3, 0.4) is 0 Å². The van der Waals surface area contributed by atoms with Crippen molar-refractivity contribution >= 4 is 5.91 Å². The molecule has 0 spiro atoms. The van der Waals surface area contributed by atoms with Crippen molar-refractivity contribution in [3.05, 3.63) is 71.8 Å². The number of benzene rings is 2. The van der Waals surface area contributed by atoms with Gasteiger partial charge in [-0.15, -0.1) is 0 Å². The van der Waals surface area contributed by atoms with Crippen molar-refractivity contribution in [2.24, 2.45) is 0 Å². The van der Waals surface area contributed by atoms with Gasteiger partial charge in [0.2, 0.25) is 5.91 Å². The summed E-state index contributed by atoms with van der Waals surface area (Å²) in [4.78, 5) is 14.6. The summed E-state index contributed by atoms with van der Waals surface area (Å²) in [5.74, 6) is 0.0621. The van der Waals surface area contributed by atoms with Crippen molar-refractivity contribution in [2.75, 3.05) is 19.6 Å². The smallest absolute Gasteiger partial charge is 0.217 e. The molecule has 154 valence electrons. The van der Waals surface area contributed by atoms with Gasteiger partial charge in [-0.05, 0) is 49.8 Å². The summed E-state index contributed by atoms with van der Waals surface area (Å²) in [7, 11) is 0. The zero-order valence-electron chi connectivity index (χ0n) is 17.4. The minimum atomic E-state index is -0.222. The van der Waals surface area contributed by atoms with Gasteiger partial charge in [0.15, 0.2) is 0 Å². The van der Waals surface area contributed by atoms with Crippen LogP contribution in [-0.4, -0.2) is 42.5 Å². The monoisotopic (exact) mass is 391 g/mol. The molecule has 4 nitrogen and oxygen atoms in total. The van der Waals surface area contributed by atoms with E-state index < -0.39 is 0 Å². The summed E-state index contributed by atoms with van der Waals surface area (Å²) >= 11 is 0. The second-order valence-electron chi connectivity index (χ2n) is 8.68. The van der Waals surface area contributed by atoms with Gasteiger partial charge in [0.1, 0.15) is 0 Å². The van der Waals surface area contributed by atoms with E-state index in [0.717, 1.165) is 38.9 Å². The van der Waals surface area contributed by atoms with Gasteiger partial charge in [0.25, 0.3) is 0 Å². The largest absolute Gasteiger partial charge is 0.347 e. The summed E-state index contributed by atoms with van der Waals surface area (Å²) < 4.78 is 0. The molecule has 0 aromatic heterocycles. The number of carbonyl (C=O) groups excluding carboxylic acids is 1. The number of hydrogen-bond acceptors (Lipinski definition) is 3. The lowest BCUT2D eigenvalue weighted by atomic mass is 9.79. The molecule has 2 saturated heterocycles. The molecule has 2 N–H and O–H groups in total. The maximum atomic E-state index is 12.0. The van der Waals surface area contributed by atoms with Gasteiger partial charge >= 0.3 is 0 Å². The molecular formula is C25H33N3O. The second kappa shape index (κ2) is 9.10. The average molecular weight is 392 g/mol. The molecule has 2 fully saturated rings. The Bertz CT molecular complexity index is 784. The van der Waals surface area contributed by atoms with Gasteiger partial charge < -0.3 is 15.5 Å². The minimum Gasteiger partial charge on any atom is -0.347 e. The normalized spacial score (nSPS) is 24.7. The van der Waals surface area contributed by atoms with Crippen molar-refractivity contribution in [2.45, 2.75) is 56.7 Å². The van der Waals surface area contributed by atoms with E-state index in [-0.39, 0.29) is 11.4 Å². The summed E-state index contributed by atoms with van der Waals surface area (Å²) in [5.41, 5.74) is 2.43. The van der Waals surface area contributed by atoms with Crippen LogP contribution in [0.2, 0.25) is 0 Å². The van der Waals surface area contributed by atoms with E-state index in [1.54, 1.807) is 6.92 Å². The van der Waals surface area contributed by atoms with Crippen LogP contribution in [0.4, 0.5) is 0 Å². The highest BCUT2D eigenvalue weighted by molar-refractivity contribution is 5.74. The Balaban J connectivity index is 1.39. The fraction of sp³-hybridized carbons (Fsp3) is 0.480. The molecule has 2 aliphatic rings. The van der Waals surface area contributed by atoms with E-state index in [4.69, 9.17) is 0 Å². The standard InChI is InChI=1S/C25H33N3O/c1-20(29)27-25(22-10-6-3-7-11-22)13-16-28(17-14-25)24-12-15-26-23(19-24)18-21-8-4-2-5-9-21/h2-11,23-24,26H,12-19H2,1H3,(H,27,29)/t23-,24-/m0/s1. The third-order valence-corrected chi connectivity index (χ3v) is 6.70. The van der Waals surface area contributed by atoms with Crippen molar-refractivity contribution in [1.82, 2.24) is 15.5 Å². The van der Waals surface area contributed by atoms with Crippen LogP contribution in [-0.2, 0) is 16.8 Å². The van der Waals surface area contributed by atoms with Crippen molar-refractivity contribution in [1.29, 1.82) is 0 Å². The van der Waals surface area contributed by atoms with E-state index in [1.165, 1.54) is 24.0 Å². The lowest BCUT2D eigenvalue weighted by Gasteiger charge is -2.47. The highest BCUT2D eigenvalue weighted by atomic mass is 16.1. The van der Waals surface area contributed by atoms with Crippen LogP contribution in [0.5, 0.6) is 0 Å². The zero-order chi connectivity index (χ0) is 20.1. The lowest BCUT2D eigenvalue weighted by molar-refractivity contribution is -0.121. The topological polar surface area (TPSA) is 44.4 Å². The Morgan fingerprint density at radius 1 is 1.07 bits per heavy atom. The number of rotatable bonds is 5. The van der Waals surface area contributed by atoms with E-state index in [1.807, 2.05) is 6.07 Å². The van der Waals surface area contributed by atoms with Crippen LogP contribution in [0.15, 0.2) is 60.7 Å². The molecule has 0 bridgehead atoms. The summed E-state index contributed by atoms with van der Waals surface area (Å²) in [6.45, 7) is 4.81. The first kappa shape index (κ1) is 20.1. The molecule has 1 amide bonds. The highest BCUT2D eigenvalue weighted by Crippen LogP contribution is 2.35.